The number of H-pyrrole nitrogens is 1. The number of fused-ring (bicyclic) bond motifs is 4. The summed E-state index contributed by atoms with van der Waals surface area (Å²) in [7, 11) is 0. The van der Waals surface area contributed by atoms with Gasteiger partial charge < -0.3 is 4.98 Å². The SMILES string of the molecule is Cc1nc(S[C@@H](C)c2nc3ccccc3c(=O)[nH]2)c2c3c(sc2n1)CCCC3. The average molecular weight is 409 g/mol. The molecule has 0 saturated carbocycles. The molecule has 0 bridgehead atoms. The maximum absolute atomic E-state index is 12.4. The number of para-hydroxylation sites is 1. The number of aromatic amines is 1. The van der Waals surface area contributed by atoms with Crippen molar-refractivity contribution in [2.45, 2.75) is 49.8 Å². The molecule has 5 rings (SSSR count). The highest BCUT2D eigenvalue weighted by molar-refractivity contribution is 7.99. The third kappa shape index (κ3) is 3.02. The van der Waals surface area contributed by atoms with E-state index in [2.05, 4.69) is 11.9 Å². The maximum Gasteiger partial charge on any atom is 0.258 e. The Balaban J connectivity index is 1.58. The molecule has 3 heterocycles. The summed E-state index contributed by atoms with van der Waals surface area (Å²) in [6.07, 6.45) is 4.74. The molecule has 0 amide bonds. The Hall–Kier alpha value is -2.25. The van der Waals surface area contributed by atoms with Crippen molar-refractivity contribution in [2.24, 2.45) is 0 Å². The fourth-order valence-corrected chi connectivity index (χ4v) is 6.28. The summed E-state index contributed by atoms with van der Waals surface area (Å²) in [6, 6.07) is 7.45. The molecule has 1 atom stereocenters. The topological polar surface area (TPSA) is 71.5 Å². The fraction of sp³-hybridized carbons (Fsp3) is 0.333. The van der Waals surface area contributed by atoms with Crippen LogP contribution in [0.5, 0.6) is 0 Å². The Morgan fingerprint density at radius 2 is 1.96 bits per heavy atom. The van der Waals surface area contributed by atoms with E-state index in [-0.39, 0.29) is 10.8 Å². The second-order valence-corrected chi connectivity index (χ2v) is 9.61. The molecule has 3 aromatic heterocycles. The summed E-state index contributed by atoms with van der Waals surface area (Å²) in [5, 5.41) is 2.82. The summed E-state index contributed by atoms with van der Waals surface area (Å²) in [6.45, 7) is 4.02. The van der Waals surface area contributed by atoms with Crippen molar-refractivity contribution in [1.29, 1.82) is 0 Å². The highest BCUT2D eigenvalue weighted by Gasteiger charge is 2.23. The molecule has 0 fully saturated rings. The van der Waals surface area contributed by atoms with E-state index in [1.165, 1.54) is 28.7 Å². The van der Waals surface area contributed by atoms with Gasteiger partial charge in [-0.05, 0) is 57.2 Å². The van der Waals surface area contributed by atoms with Crippen LogP contribution < -0.4 is 5.56 Å². The van der Waals surface area contributed by atoms with E-state index in [4.69, 9.17) is 15.0 Å². The van der Waals surface area contributed by atoms with Gasteiger partial charge in [0.25, 0.3) is 5.56 Å². The van der Waals surface area contributed by atoms with Gasteiger partial charge in [-0.3, -0.25) is 4.79 Å². The van der Waals surface area contributed by atoms with E-state index < -0.39 is 0 Å². The molecular weight excluding hydrogens is 388 g/mol. The number of rotatable bonds is 3. The Morgan fingerprint density at radius 3 is 2.86 bits per heavy atom. The number of hydrogen-bond donors (Lipinski definition) is 1. The molecule has 5 nitrogen and oxygen atoms in total. The van der Waals surface area contributed by atoms with Gasteiger partial charge in [0.05, 0.1) is 16.2 Å². The highest BCUT2D eigenvalue weighted by atomic mass is 32.2. The molecular formula is C21H20N4OS2. The number of hydrogen-bond acceptors (Lipinski definition) is 6. The number of aromatic nitrogens is 4. The minimum absolute atomic E-state index is 0.0195. The molecule has 1 aromatic carbocycles. The van der Waals surface area contributed by atoms with Crippen LogP contribution >= 0.6 is 23.1 Å². The van der Waals surface area contributed by atoms with Crippen LogP contribution in [0.1, 0.15) is 47.1 Å². The molecule has 0 unspecified atom stereocenters. The Labute approximate surface area is 170 Å². The number of thiophene rings is 1. The van der Waals surface area contributed by atoms with E-state index >= 15 is 0 Å². The molecule has 28 heavy (non-hydrogen) atoms. The second kappa shape index (κ2) is 6.97. The molecule has 0 saturated heterocycles. The second-order valence-electron chi connectivity index (χ2n) is 7.20. The Morgan fingerprint density at radius 1 is 1.14 bits per heavy atom. The smallest absolute Gasteiger partial charge is 0.258 e. The molecule has 4 aromatic rings. The minimum Gasteiger partial charge on any atom is -0.309 e. The molecule has 142 valence electrons. The van der Waals surface area contributed by atoms with Gasteiger partial charge in [-0.2, -0.15) is 0 Å². The van der Waals surface area contributed by atoms with E-state index in [0.717, 1.165) is 34.0 Å². The van der Waals surface area contributed by atoms with Crippen LogP contribution in [-0.4, -0.2) is 19.9 Å². The van der Waals surface area contributed by atoms with Crippen molar-refractivity contribution in [2.75, 3.05) is 0 Å². The van der Waals surface area contributed by atoms with Gasteiger partial charge in [0.15, 0.2) is 0 Å². The summed E-state index contributed by atoms with van der Waals surface area (Å²) in [4.78, 5) is 32.1. The standard InChI is InChI=1S/C21H20N4OS2/c1-11(18-24-15-9-5-3-7-13(15)19(26)25-18)27-20-17-14-8-4-6-10-16(14)28-21(17)23-12(2)22-20/h3,5,7,9,11H,4,6,8,10H2,1-2H3,(H,24,25,26)/t11-/m0/s1. The maximum atomic E-state index is 12.4. The number of aryl methyl sites for hydroxylation is 3. The summed E-state index contributed by atoms with van der Waals surface area (Å²) in [5.74, 6) is 1.47. The predicted octanol–water partition coefficient (Wildman–Crippen LogP) is 4.97. The third-order valence-corrected chi connectivity index (χ3v) is 7.48. The van der Waals surface area contributed by atoms with Crippen LogP contribution in [-0.2, 0) is 12.8 Å². The van der Waals surface area contributed by atoms with Gasteiger partial charge >= 0.3 is 0 Å². The number of benzene rings is 1. The van der Waals surface area contributed by atoms with E-state index in [1.807, 2.05) is 36.5 Å². The summed E-state index contributed by atoms with van der Waals surface area (Å²) < 4.78 is 0. The zero-order valence-electron chi connectivity index (χ0n) is 15.8. The monoisotopic (exact) mass is 408 g/mol. The quantitative estimate of drug-likeness (QED) is 0.383. The van der Waals surface area contributed by atoms with Crippen LogP contribution in [0.2, 0.25) is 0 Å². The van der Waals surface area contributed by atoms with Gasteiger partial charge in [0, 0.05) is 10.3 Å². The Bertz CT molecular complexity index is 1260. The van der Waals surface area contributed by atoms with Crippen LogP contribution in [0.15, 0.2) is 34.1 Å². The fourth-order valence-electron chi connectivity index (χ4n) is 3.83. The van der Waals surface area contributed by atoms with Gasteiger partial charge in [-0.15, -0.1) is 11.3 Å². The van der Waals surface area contributed by atoms with Crippen LogP contribution in [0.4, 0.5) is 0 Å². The summed E-state index contributed by atoms with van der Waals surface area (Å²) in [5.41, 5.74) is 2.07. The van der Waals surface area contributed by atoms with Gasteiger partial charge in [0.2, 0.25) is 0 Å². The molecule has 1 N–H and O–H groups in total. The largest absolute Gasteiger partial charge is 0.309 e. The van der Waals surface area contributed by atoms with Crippen molar-refractivity contribution >= 4 is 44.2 Å². The van der Waals surface area contributed by atoms with Gasteiger partial charge in [-0.25, -0.2) is 15.0 Å². The first kappa shape index (κ1) is 17.8. The first-order valence-electron chi connectivity index (χ1n) is 9.54. The molecule has 1 aliphatic rings. The molecule has 0 radical (unpaired) electrons. The van der Waals surface area contributed by atoms with E-state index in [9.17, 15) is 4.79 Å². The lowest BCUT2D eigenvalue weighted by Gasteiger charge is -2.14. The number of nitrogens with zero attached hydrogens (tertiary/aromatic N) is 3. The number of nitrogens with one attached hydrogen (secondary N) is 1. The molecule has 7 heteroatoms. The molecule has 1 aliphatic carbocycles. The van der Waals surface area contributed by atoms with Gasteiger partial charge in [0.1, 0.15) is 21.5 Å². The van der Waals surface area contributed by atoms with Crippen molar-refractivity contribution in [3.8, 4) is 0 Å². The summed E-state index contributed by atoms with van der Waals surface area (Å²) >= 11 is 3.48. The lowest BCUT2D eigenvalue weighted by molar-refractivity contribution is 0.699. The highest BCUT2D eigenvalue weighted by Crippen LogP contribution is 2.42. The van der Waals surface area contributed by atoms with Crippen molar-refractivity contribution in [3.63, 3.8) is 0 Å². The lowest BCUT2D eigenvalue weighted by Crippen LogP contribution is -2.12. The number of thioether (sulfide) groups is 1. The van der Waals surface area contributed by atoms with Crippen LogP contribution in [0.25, 0.3) is 21.1 Å². The average Bonchev–Trinajstić information content (AvgIpc) is 3.06. The predicted molar refractivity (Wildman–Crippen MR) is 115 cm³/mol. The molecule has 0 spiro atoms. The van der Waals surface area contributed by atoms with Crippen molar-refractivity contribution < 1.29 is 0 Å². The third-order valence-electron chi connectivity index (χ3n) is 5.20. The van der Waals surface area contributed by atoms with Gasteiger partial charge in [-0.1, -0.05) is 23.9 Å². The molecule has 0 aliphatic heterocycles. The van der Waals surface area contributed by atoms with E-state index in [0.29, 0.717) is 11.2 Å². The van der Waals surface area contributed by atoms with Crippen molar-refractivity contribution in [3.05, 3.63) is 56.7 Å². The van der Waals surface area contributed by atoms with Crippen LogP contribution in [0.3, 0.4) is 0 Å². The van der Waals surface area contributed by atoms with Crippen LogP contribution in [0, 0.1) is 6.92 Å². The first-order valence-corrected chi connectivity index (χ1v) is 11.2. The lowest BCUT2D eigenvalue weighted by atomic mass is 9.97. The minimum atomic E-state index is -0.0926. The van der Waals surface area contributed by atoms with E-state index in [1.54, 1.807) is 17.8 Å². The van der Waals surface area contributed by atoms with Crippen molar-refractivity contribution in [1.82, 2.24) is 19.9 Å². The first-order chi connectivity index (χ1) is 13.6. The zero-order valence-corrected chi connectivity index (χ0v) is 17.4. The Kier molecular flexibility index (Phi) is 4.44. The normalized spacial score (nSPS) is 15.1. The zero-order chi connectivity index (χ0) is 19.3.